The molecule has 5 heteroatoms. The first-order valence-electron chi connectivity index (χ1n) is 5.99. The van der Waals surface area contributed by atoms with Gasteiger partial charge in [-0.25, -0.2) is 0 Å². The van der Waals surface area contributed by atoms with Crippen LogP contribution < -0.4 is 0 Å². The molecule has 0 saturated heterocycles. The number of halogens is 2. The summed E-state index contributed by atoms with van der Waals surface area (Å²) in [5.41, 5.74) is 6.69. The Labute approximate surface area is 164 Å². The van der Waals surface area contributed by atoms with Gasteiger partial charge < -0.3 is 25.2 Å². The number of nitrogens with one attached hydrogen (secondary N) is 1. The van der Waals surface area contributed by atoms with Gasteiger partial charge in [-0.2, -0.15) is 17.5 Å². The molecule has 0 aliphatic heterocycles. The fourth-order valence-corrected chi connectivity index (χ4v) is 1.07. The van der Waals surface area contributed by atoms with Crippen LogP contribution in [-0.2, 0) is 24.2 Å². The minimum Gasteiger partial charge on any atom is -0.358 e. The summed E-state index contributed by atoms with van der Waals surface area (Å²) >= 11 is 1.30. The van der Waals surface area contributed by atoms with E-state index in [1.165, 1.54) is 35.0 Å². The van der Waals surface area contributed by atoms with Crippen LogP contribution >= 0.6 is 24.8 Å². The van der Waals surface area contributed by atoms with Crippen molar-refractivity contribution in [2.45, 2.75) is 26.3 Å². The molecule has 0 aromatic heterocycles. The molecule has 0 unspecified atom stereocenters. The Bertz CT molecular complexity index is 392. The van der Waals surface area contributed by atoms with Gasteiger partial charge in [-0.1, -0.05) is 33.4 Å². The molecule has 0 aliphatic rings. The molecule has 0 atom stereocenters. The Kier molecular flexibility index (Phi) is 32.2. The maximum atomic E-state index is 7.46. The molecule has 0 spiro atoms. The number of aliphatic hydroxyl groups is 1. The van der Waals surface area contributed by atoms with Crippen LogP contribution in [0.5, 0.6) is 0 Å². The quantitative estimate of drug-likeness (QED) is 0.559. The number of hydrogen-bond donors (Lipinski definition) is 1. The van der Waals surface area contributed by atoms with Crippen molar-refractivity contribution in [3.63, 3.8) is 0 Å². The van der Waals surface area contributed by atoms with Gasteiger partial charge in [0.2, 0.25) is 0 Å². The maximum Gasteiger partial charge on any atom is -0.0809 e. The number of rotatable bonds is 0. The summed E-state index contributed by atoms with van der Waals surface area (Å²) in [6, 6.07) is 14.7. The number of benzene rings is 1. The Morgan fingerprint density at radius 3 is 1.91 bits per heavy atom. The Morgan fingerprint density at radius 2 is 1.55 bits per heavy atom. The summed E-state index contributed by atoms with van der Waals surface area (Å²) in [5.74, 6) is 0. The summed E-state index contributed by atoms with van der Waals surface area (Å²) in [7, 11) is 0. The van der Waals surface area contributed by atoms with Crippen molar-refractivity contribution in [1.29, 1.82) is 0 Å². The summed E-state index contributed by atoms with van der Waals surface area (Å²) in [6.07, 6.45) is 0. The van der Waals surface area contributed by atoms with Gasteiger partial charge in [0.15, 0.2) is 0 Å². The normalized spacial score (nSPS) is 7.86. The molecule has 2 aromatic rings. The number of aliphatic hydroxyl groups excluding tert-OH is 1. The number of hydrogen-bond acceptors (Lipinski definition) is 1. The van der Waals surface area contributed by atoms with E-state index in [0.29, 0.717) is 0 Å². The average molecular weight is 426 g/mol. The molecular formula is C17H29Cl2NOZr-4. The van der Waals surface area contributed by atoms with Crippen molar-refractivity contribution in [2.24, 2.45) is 0 Å². The molecule has 0 radical (unpaired) electrons. The van der Waals surface area contributed by atoms with E-state index >= 15 is 0 Å². The fourth-order valence-electron chi connectivity index (χ4n) is 1.07. The molecule has 2 nitrogen and oxygen atoms in total. The van der Waals surface area contributed by atoms with Gasteiger partial charge >= 0.3 is 28.4 Å². The third-order valence-electron chi connectivity index (χ3n) is 1.55. The largest absolute Gasteiger partial charge is 0.358 e. The van der Waals surface area contributed by atoms with Crippen LogP contribution in [0.15, 0.2) is 42.5 Å². The molecular weight excluding hydrogens is 396 g/mol. The van der Waals surface area contributed by atoms with E-state index in [-0.39, 0.29) is 44.4 Å². The van der Waals surface area contributed by atoms with Crippen LogP contribution in [0.2, 0.25) is 0 Å². The molecule has 0 saturated carbocycles. The van der Waals surface area contributed by atoms with Crippen molar-refractivity contribution in [3.05, 3.63) is 62.5 Å². The van der Waals surface area contributed by atoms with E-state index in [0.717, 1.165) is 0 Å². The van der Waals surface area contributed by atoms with E-state index in [1.54, 1.807) is 0 Å². The zero-order valence-corrected chi connectivity index (χ0v) is 18.0. The van der Waals surface area contributed by atoms with E-state index in [2.05, 4.69) is 53.6 Å². The van der Waals surface area contributed by atoms with Crippen LogP contribution in [-0.4, -0.2) is 21.5 Å². The molecule has 2 rings (SSSR count). The average Bonchev–Trinajstić information content (AvgIpc) is 2.78. The maximum absolute atomic E-state index is 7.46. The van der Waals surface area contributed by atoms with Crippen molar-refractivity contribution in [3.8, 4) is 0 Å². The monoisotopic (exact) mass is 423 g/mol. The molecule has 0 heterocycles. The van der Waals surface area contributed by atoms with E-state index in [4.69, 9.17) is 10.8 Å². The topological polar surface area (TPSA) is 44.0 Å². The van der Waals surface area contributed by atoms with Crippen molar-refractivity contribution in [1.82, 2.24) is 0 Å². The van der Waals surface area contributed by atoms with Crippen molar-refractivity contribution >= 4 is 39.8 Å². The SMILES string of the molecule is CC(C)(C)[NH-].Cl.Cl.[CH2-]CO.[CH2]=[Zr].[CH3-].c1ccc2[cH-]ccc2c1. The van der Waals surface area contributed by atoms with Gasteiger partial charge in [0.1, 0.15) is 0 Å². The van der Waals surface area contributed by atoms with E-state index in [1.807, 2.05) is 20.8 Å². The van der Waals surface area contributed by atoms with Gasteiger partial charge in [0, 0.05) is 0 Å². The van der Waals surface area contributed by atoms with Crippen LogP contribution in [0.3, 0.4) is 0 Å². The van der Waals surface area contributed by atoms with Crippen LogP contribution in [0, 0.1) is 14.4 Å². The zero-order valence-electron chi connectivity index (χ0n) is 13.9. The smallest absolute Gasteiger partial charge is 0.0809 e. The first-order valence-corrected chi connectivity index (χ1v) is 7.73. The molecule has 0 amide bonds. The van der Waals surface area contributed by atoms with E-state index < -0.39 is 0 Å². The molecule has 2 N–H and O–H groups in total. The molecule has 0 fully saturated rings. The second-order valence-electron chi connectivity index (χ2n) is 4.63. The molecule has 0 aliphatic carbocycles. The predicted molar refractivity (Wildman–Crippen MR) is 104 cm³/mol. The van der Waals surface area contributed by atoms with E-state index in [9.17, 15) is 0 Å². The Morgan fingerprint density at radius 1 is 1.18 bits per heavy atom. The van der Waals surface area contributed by atoms with Crippen LogP contribution in [0.25, 0.3) is 16.5 Å². The zero-order chi connectivity index (χ0) is 15.3. The number of fused-ring (bicyclic) bond motifs is 1. The molecule has 2 aromatic carbocycles. The summed E-state index contributed by atoms with van der Waals surface area (Å²) in [4.78, 5) is 0. The third kappa shape index (κ3) is 25.1. The van der Waals surface area contributed by atoms with Gasteiger partial charge in [0.25, 0.3) is 0 Å². The minimum atomic E-state index is -0.250. The van der Waals surface area contributed by atoms with Gasteiger partial charge in [-0.15, -0.1) is 60.0 Å². The molecule has 0 bridgehead atoms. The minimum absolute atomic E-state index is 0. The summed E-state index contributed by atoms with van der Waals surface area (Å²) in [6.45, 7) is 8.60. The first kappa shape index (κ1) is 33.6. The first-order chi connectivity index (χ1) is 8.88. The second-order valence-corrected chi connectivity index (χ2v) is 4.63. The fraction of sp³-hybridized carbons (Fsp3) is 0.294. The molecule has 130 valence electrons. The van der Waals surface area contributed by atoms with Crippen molar-refractivity contribution < 1.29 is 29.3 Å². The Balaban J connectivity index is -0.0000000657. The predicted octanol–water partition coefficient (Wildman–Crippen LogP) is 5.47. The van der Waals surface area contributed by atoms with Crippen molar-refractivity contribution in [2.75, 3.05) is 6.61 Å². The van der Waals surface area contributed by atoms with Crippen LogP contribution in [0.1, 0.15) is 20.8 Å². The summed E-state index contributed by atoms with van der Waals surface area (Å²) in [5, 5.41) is 10.1. The second kappa shape index (κ2) is 21.1. The van der Waals surface area contributed by atoms with Gasteiger partial charge in [-0.05, 0) is 0 Å². The third-order valence-corrected chi connectivity index (χ3v) is 1.55. The van der Waals surface area contributed by atoms with Gasteiger partial charge in [-0.3, -0.25) is 0 Å². The Hall–Kier alpha value is 0.0831. The van der Waals surface area contributed by atoms with Crippen LogP contribution in [0.4, 0.5) is 0 Å². The van der Waals surface area contributed by atoms with Gasteiger partial charge in [0.05, 0.1) is 0 Å². The standard InChI is InChI=1S/C9H7.C4H10N.C2H5O.CH3.CH2.2ClH.Zr/c1-2-5-9-7-3-6-8(9)4-1;1-4(2,3)5;1-2-3;;;;;/h1-7H;5H,1-3H3;3H,1-2H2;1H3;1H2;2*1H;/q4*-1;;;;. The molecule has 22 heavy (non-hydrogen) atoms. The summed E-state index contributed by atoms with van der Waals surface area (Å²) < 4.78 is 3.34.